The van der Waals surface area contributed by atoms with Crippen LogP contribution in [0.15, 0.2) is 0 Å². The summed E-state index contributed by atoms with van der Waals surface area (Å²) in [5, 5.41) is 22.1. The second-order valence-electron chi connectivity index (χ2n) is 4.89. The van der Waals surface area contributed by atoms with Gasteiger partial charge in [-0.15, -0.1) is 0 Å². The number of unbranched alkanes of at least 4 members (excludes halogenated alkanes) is 4. The first kappa shape index (κ1) is 23.1. The van der Waals surface area contributed by atoms with Crippen LogP contribution in [0.5, 0.6) is 0 Å². The van der Waals surface area contributed by atoms with Crippen LogP contribution in [0.4, 0.5) is 0 Å². The molecule has 7 heteroatoms. The Hall–Kier alpha value is -0.140. The van der Waals surface area contributed by atoms with Crippen molar-refractivity contribution in [3.63, 3.8) is 0 Å². The molecule has 0 saturated carbocycles. The largest absolute Gasteiger partial charge is 1.00 e. The Bertz CT molecular complexity index is 278. The third kappa shape index (κ3) is 16.1. The summed E-state index contributed by atoms with van der Waals surface area (Å²) >= 11 is 0. The molecule has 2 N–H and O–H groups in total. The summed E-state index contributed by atoms with van der Waals surface area (Å²) < 4.78 is 0. The van der Waals surface area contributed by atoms with Crippen LogP contribution in [0.1, 0.15) is 45.4 Å². The Balaban J connectivity index is 0. The minimum Gasteiger partial charge on any atom is -0.549 e. The molecule has 0 aromatic heterocycles. The Morgan fingerprint density at radius 1 is 1.14 bits per heavy atom. The van der Waals surface area contributed by atoms with Gasteiger partial charge in [0.2, 0.25) is 5.91 Å². The third-order valence-corrected chi connectivity index (χ3v) is 3.03. The number of carboxylic acid groups (broad SMARTS) is 1. The number of aliphatic hydroxyl groups is 1. The van der Waals surface area contributed by atoms with Crippen LogP contribution in [0.3, 0.4) is 0 Å². The monoisotopic (exact) mass is 310 g/mol. The summed E-state index contributed by atoms with van der Waals surface area (Å²) in [6.45, 7) is 2.86. The molecule has 0 aliphatic carbocycles. The van der Waals surface area contributed by atoms with Crippen LogP contribution in [0.2, 0.25) is 0 Å². The van der Waals surface area contributed by atoms with Crippen molar-refractivity contribution in [2.75, 3.05) is 32.8 Å². The van der Waals surface area contributed by atoms with E-state index in [-0.39, 0.29) is 55.2 Å². The molecule has 0 radical (unpaired) electrons. The van der Waals surface area contributed by atoms with Gasteiger partial charge in [0.05, 0.1) is 12.6 Å². The number of amides is 1. The molecule has 0 rings (SSSR count). The van der Waals surface area contributed by atoms with Crippen molar-refractivity contribution < 1.29 is 49.4 Å². The second kappa shape index (κ2) is 16.2. The van der Waals surface area contributed by atoms with Crippen LogP contribution >= 0.6 is 0 Å². The smallest absolute Gasteiger partial charge is 0.549 e. The van der Waals surface area contributed by atoms with Crippen molar-refractivity contribution in [1.82, 2.24) is 10.2 Å². The summed E-state index contributed by atoms with van der Waals surface area (Å²) in [6, 6.07) is 0. The molecule has 21 heavy (non-hydrogen) atoms. The zero-order valence-corrected chi connectivity index (χ0v) is 15.4. The molecular weight excluding hydrogens is 283 g/mol. The standard InChI is InChI=1S/C14H28N2O4.Na/c1-2-3-4-5-6-7-13(18)15-8-9-16(10-11-17)12-14(19)20;/h17H,2-12H2,1H3,(H,15,18)(H,19,20);/q;+1/p-1. The Morgan fingerprint density at radius 2 is 1.81 bits per heavy atom. The van der Waals surface area contributed by atoms with E-state index in [4.69, 9.17) is 5.11 Å². The number of carbonyl (C=O) groups excluding carboxylic acids is 2. The van der Waals surface area contributed by atoms with Gasteiger partial charge in [-0.1, -0.05) is 32.6 Å². The molecule has 0 aromatic carbocycles. The quantitative estimate of drug-likeness (QED) is 0.272. The summed E-state index contributed by atoms with van der Waals surface area (Å²) in [6.07, 6.45) is 6.05. The van der Waals surface area contributed by atoms with E-state index in [0.29, 0.717) is 19.5 Å². The topological polar surface area (TPSA) is 92.7 Å². The van der Waals surface area contributed by atoms with E-state index in [1.165, 1.54) is 24.2 Å². The fourth-order valence-corrected chi connectivity index (χ4v) is 1.92. The van der Waals surface area contributed by atoms with Crippen molar-refractivity contribution in [1.29, 1.82) is 0 Å². The van der Waals surface area contributed by atoms with E-state index in [1.54, 1.807) is 0 Å². The number of hydrogen-bond donors (Lipinski definition) is 2. The first-order valence-electron chi connectivity index (χ1n) is 7.40. The second-order valence-corrected chi connectivity index (χ2v) is 4.89. The van der Waals surface area contributed by atoms with Crippen molar-refractivity contribution in [2.24, 2.45) is 0 Å². The van der Waals surface area contributed by atoms with Gasteiger partial charge >= 0.3 is 29.6 Å². The molecule has 118 valence electrons. The van der Waals surface area contributed by atoms with E-state index in [1.807, 2.05) is 0 Å². The molecule has 0 unspecified atom stereocenters. The number of carboxylic acids is 1. The molecule has 0 aromatic rings. The molecule has 0 aliphatic heterocycles. The van der Waals surface area contributed by atoms with E-state index >= 15 is 0 Å². The Kier molecular flexibility index (Phi) is 17.9. The first-order valence-corrected chi connectivity index (χ1v) is 7.40. The molecule has 0 spiro atoms. The molecule has 0 atom stereocenters. The maximum absolute atomic E-state index is 11.5. The van der Waals surface area contributed by atoms with Crippen molar-refractivity contribution in [2.45, 2.75) is 45.4 Å². The number of nitrogens with one attached hydrogen (secondary N) is 1. The van der Waals surface area contributed by atoms with Gasteiger partial charge in [0.15, 0.2) is 0 Å². The molecule has 1 amide bonds. The summed E-state index contributed by atoms with van der Waals surface area (Å²) in [4.78, 5) is 23.6. The van der Waals surface area contributed by atoms with E-state index in [2.05, 4.69) is 12.2 Å². The third-order valence-electron chi connectivity index (χ3n) is 3.03. The van der Waals surface area contributed by atoms with E-state index < -0.39 is 5.97 Å². The average Bonchev–Trinajstić information content (AvgIpc) is 2.38. The predicted octanol–water partition coefficient (Wildman–Crippen LogP) is -3.49. The van der Waals surface area contributed by atoms with Crippen LogP contribution in [0, 0.1) is 0 Å². The van der Waals surface area contributed by atoms with Crippen LogP contribution in [-0.4, -0.2) is 54.7 Å². The fraction of sp³-hybridized carbons (Fsp3) is 0.857. The maximum atomic E-state index is 11.5. The van der Waals surface area contributed by atoms with Gasteiger partial charge in [0.25, 0.3) is 0 Å². The van der Waals surface area contributed by atoms with Gasteiger partial charge in [-0.2, -0.15) is 0 Å². The maximum Gasteiger partial charge on any atom is 1.00 e. The van der Waals surface area contributed by atoms with Gasteiger partial charge in [-0.05, 0) is 6.42 Å². The normalized spacial score (nSPS) is 10.2. The zero-order valence-electron chi connectivity index (χ0n) is 13.4. The summed E-state index contributed by atoms with van der Waals surface area (Å²) in [5.74, 6) is -1.18. The van der Waals surface area contributed by atoms with E-state index in [0.717, 1.165) is 12.8 Å². The van der Waals surface area contributed by atoms with Crippen LogP contribution < -0.4 is 40.0 Å². The number of rotatable bonds is 13. The molecule has 0 aliphatic rings. The zero-order chi connectivity index (χ0) is 15.2. The minimum absolute atomic E-state index is 0. The minimum atomic E-state index is -1.18. The fourth-order valence-electron chi connectivity index (χ4n) is 1.92. The molecule has 0 bridgehead atoms. The van der Waals surface area contributed by atoms with Crippen molar-refractivity contribution in [3.05, 3.63) is 0 Å². The van der Waals surface area contributed by atoms with Gasteiger partial charge in [0, 0.05) is 32.6 Å². The SMILES string of the molecule is CCCCCCCC(=O)NCCN(CCO)CC(=O)[O-].[Na+]. The average molecular weight is 310 g/mol. The number of hydrogen-bond acceptors (Lipinski definition) is 5. The van der Waals surface area contributed by atoms with Crippen molar-refractivity contribution >= 4 is 11.9 Å². The Labute approximate surface area is 149 Å². The number of aliphatic carboxylic acids is 1. The summed E-state index contributed by atoms with van der Waals surface area (Å²) in [7, 11) is 0. The molecular formula is C14H27N2NaO4. The number of carbonyl (C=O) groups is 2. The van der Waals surface area contributed by atoms with Gasteiger partial charge < -0.3 is 20.3 Å². The molecule has 0 saturated heterocycles. The Morgan fingerprint density at radius 3 is 2.38 bits per heavy atom. The van der Waals surface area contributed by atoms with Gasteiger partial charge in [-0.3, -0.25) is 9.69 Å². The summed E-state index contributed by atoms with van der Waals surface area (Å²) in [5.41, 5.74) is 0. The van der Waals surface area contributed by atoms with Crippen molar-refractivity contribution in [3.8, 4) is 0 Å². The predicted molar refractivity (Wildman–Crippen MR) is 74.9 cm³/mol. The van der Waals surface area contributed by atoms with E-state index in [9.17, 15) is 14.7 Å². The first-order chi connectivity index (χ1) is 9.60. The molecule has 0 fully saturated rings. The van der Waals surface area contributed by atoms with Crippen LogP contribution in [0.25, 0.3) is 0 Å². The van der Waals surface area contributed by atoms with Gasteiger partial charge in [-0.25, -0.2) is 0 Å². The number of aliphatic hydroxyl groups excluding tert-OH is 1. The molecule has 6 nitrogen and oxygen atoms in total. The molecule has 0 heterocycles. The van der Waals surface area contributed by atoms with Gasteiger partial charge in [0.1, 0.15) is 0 Å². The van der Waals surface area contributed by atoms with Crippen LogP contribution in [-0.2, 0) is 9.59 Å². The number of nitrogens with zero attached hydrogens (tertiary/aromatic N) is 1.